The number of rotatable bonds is 10. The summed E-state index contributed by atoms with van der Waals surface area (Å²) >= 11 is 0. The van der Waals surface area contributed by atoms with Gasteiger partial charge in [0.15, 0.2) is 5.78 Å². The lowest BCUT2D eigenvalue weighted by Gasteiger charge is -2.26. The molecule has 1 aliphatic rings. The Morgan fingerprint density at radius 3 is 2.62 bits per heavy atom. The predicted octanol–water partition coefficient (Wildman–Crippen LogP) is 4.69. The van der Waals surface area contributed by atoms with Crippen LogP contribution in [0.5, 0.6) is 5.75 Å². The zero-order valence-corrected chi connectivity index (χ0v) is 18.8. The third kappa shape index (κ3) is 5.31. The molecular weight excluding hydrogens is 404 g/mol. The van der Waals surface area contributed by atoms with E-state index in [2.05, 4.69) is 11.8 Å². The lowest BCUT2D eigenvalue weighted by Crippen LogP contribution is -2.37. The van der Waals surface area contributed by atoms with Crippen molar-refractivity contribution in [3.63, 3.8) is 0 Å². The molecule has 2 aromatic carbocycles. The van der Waals surface area contributed by atoms with Crippen LogP contribution in [0.1, 0.15) is 47.9 Å². The maximum atomic E-state index is 13.4. The van der Waals surface area contributed by atoms with Crippen molar-refractivity contribution in [2.24, 2.45) is 0 Å². The first-order chi connectivity index (χ1) is 15.7. The van der Waals surface area contributed by atoms with Gasteiger partial charge >= 0.3 is 0 Å². The maximum Gasteiger partial charge on any atom is 0.197 e. The van der Waals surface area contributed by atoms with Crippen molar-refractivity contribution in [2.45, 2.75) is 32.6 Å². The molecule has 1 saturated heterocycles. The Bertz CT molecular complexity index is 1040. The van der Waals surface area contributed by atoms with E-state index in [1.165, 1.54) is 0 Å². The zero-order valence-electron chi connectivity index (χ0n) is 18.8. The van der Waals surface area contributed by atoms with E-state index in [1.807, 2.05) is 36.4 Å². The first kappa shape index (κ1) is 22.4. The minimum absolute atomic E-state index is 0.0423. The molecule has 32 heavy (non-hydrogen) atoms. The van der Waals surface area contributed by atoms with Gasteiger partial charge in [0.25, 0.3) is 0 Å². The predicted molar refractivity (Wildman–Crippen MR) is 126 cm³/mol. The van der Waals surface area contributed by atoms with Gasteiger partial charge in [0.1, 0.15) is 17.1 Å². The van der Waals surface area contributed by atoms with Crippen LogP contribution in [-0.4, -0.2) is 50.1 Å². The van der Waals surface area contributed by atoms with Gasteiger partial charge in [-0.05, 0) is 55.3 Å². The quantitative estimate of drug-likeness (QED) is 0.282. The molecule has 1 aliphatic heterocycles. The minimum atomic E-state index is -0.0423. The second kappa shape index (κ2) is 10.7. The second-order valence-corrected chi connectivity index (χ2v) is 8.27. The van der Waals surface area contributed by atoms with Crippen LogP contribution in [0.3, 0.4) is 0 Å². The number of hydrogen-bond donors (Lipinski definition) is 1. The van der Waals surface area contributed by atoms with E-state index in [9.17, 15) is 4.79 Å². The molecule has 3 aromatic rings. The van der Waals surface area contributed by atoms with Crippen LogP contribution in [0.4, 0.5) is 5.69 Å². The van der Waals surface area contributed by atoms with E-state index in [1.54, 1.807) is 6.07 Å². The van der Waals surface area contributed by atoms with Crippen LogP contribution in [0.25, 0.3) is 11.0 Å². The summed E-state index contributed by atoms with van der Waals surface area (Å²) in [7, 11) is 0. The third-order valence-corrected chi connectivity index (χ3v) is 5.88. The molecule has 0 amide bonds. The summed E-state index contributed by atoms with van der Waals surface area (Å²) in [6.07, 6.45) is 3.69. The molecule has 0 spiro atoms. The van der Waals surface area contributed by atoms with Gasteiger partial charge in [-0.2, -0.15) is 0 Å². The van der Waals surface area contributed by atoms with Crippen LogP contribution in [0.15, 0.2) is 46.9 Å². The molecule has 2 heterocycles. The summed E-state index contributed by atoms with van der Waals surface area (Å²) in [4.78, 5) is 15.8. The molecule has 0 atom stereocenters. The summed E-state index contributed by atoms with van der Waals surface area (Å²) in [5, 5.41) is 0.782. The summed E-state index contributed by atoms with van der Waals surface area (Å²) in [5.74, 6) is 1.47. The Balaban J connectivity index is 1.43. The highest BCUT2D eigenvalue weighted by atomic mass is 16.5. The number of unbranched alkanes of at least 4 members (excludes halogenated alkanes) is 1. The highest BCUT2D eigenvalue weighted by Crippen LogP contribution is 2.31. The number of ketones is 1. The van der Waals surface area contributed by atoms with Crippen molar-refractivity contribution >= 4 is 22.4 Å². The fourth-order valence-electron chi connectivity index (χ4n) is 4.08. The number of nitrogen functional groups attached to an aromatic ring is 1. The van der Waals surface area contributed by atoms with E-state index >= 15 is 0 Å². The molecule has 0 radical (unpaired) electrons. The number of aryl methyl sites for hydroxylation is 1. The Labute approximate surface area is 189 Å². The van der Waals surface area contributed by atoms with Gasteiger partial charge in [-0.15, -0.1) is 0 Å². The SMILES string of the molecule is CCCCc1oc2ccc(N)cc2c1C(=O)c1ccc(OCCCN2CCOCC2)cc1. The molecule has 1 aromatic heterocycles. The van der Waals surface area contributed by atoms with E-state index in [0.717, 1.165) is 75.4 Å². The lowest BCUT2D eigenvalue weighted by atomic mass is 9.98. The van der Waals surface area contributed by atoms with Crippen molar-refractivity contribution < 1.29 is 18.7 Å². The minimum Gasteiger partial charge on any atom is -0.494 e. The fraction of sp³-hybridized carbons (Fsp3) is 0.423. The third-order valence-electron chi connectivity index (χ3n) is 5.88. The van der Waals surface area contributed by atoms with Crippen molar-refractivity contribution in [1.82, 2.24) is 4.90 Å². The number of fused-ring (bicyclic) bond motifs is 1. The number of ether oxygens (including phenoxy) is 2. The lowest BCUT2D eigenvalue weighted by molar-refractivity contribution is 0.0358. The van der Waals surface area contributed by atoms with Crippen LogP contribution in [0.2, 0.25) is 0 Å². The number of anilines is 1. The number of carbonyl (C=O) groups is 1. The van der Waals surface area contributed by atoms with Crippen molar-refractivity contribution in [1.29, 1.82) is 0 Å². The average molecular weight is 437 g/mol. The molecular formula is C26H32N2O4. The van der Waals surface area contributed by atoms with Gasteiger partial charge in [0.2, 0.25) is 0 Å². The van der Waals surface area contributed by atoms with Gasteiger partial charge in [0, 0.05) is 42.7 Å². The highest BCUT2D eigenvalue weighted by Gasteiger charge is 2.22. The summed E-state index contributed by atoms with van der Waals surface area (Å²) in [5.41, 5.74) is 8.55. The van der Waals surface area contributed by atoms with Gasteiger partial charge < -0.3 is 19.6 Å². The number of benzene rings is 2. The monoisotopic (exact) mass is 436 g/mol. The van der Waals surface area contributed by atoms with Gasteiger partial charge in [-0.1, -0.05) is 13.3 Å². The second-order valence-electron chi connectivity index (χ2n) is 8.27. The number of nitrogens with two attached hydrogens (primary N) is 1. The van der Waals surface area contributed by atoms with E-state index < -0.39 is 0 Å². The van der Waals surface area contributed by atoms with Gasteiger partial charge in [0.05, 0.1) is 25.4 Å². The Morgan fingerprint density at radius 2 is 1.88 bits per heavy atom. The molecule has 6 nitrogen and oxygen atoms in total. The number of morpholine rings is 1. The smallest absolute Gasteiger partial charge is 0.197 e. The Morgan fingerprint density at radius 1 is 1.09 bits per heavy atom. The van der Waals surface area contributed by atoms with Crippen molar-refractivity contribution in [3.8, 4) is 5.75 Å². The fourth-order valence-corrected chi connectivity index (χ4v) is 4.08. The van der Waals surface area contributed by atoms with Gasteiger partial charge in [-0.25, -0.2) is 0 Å². The molecule has 6 heteroatoms. The average Bonchev–Trinajstić information content (AvgIpc) is 3.18. The molecule has 0 bridgehead atoms. The van der Waals surface area contributed by atoms with Gasteiger partial charge in [-0.3, -0.25) is 9.69 Å². The molecule has 1 fully saturated rings. The summed E-state index contributed by atoms with van der Waals surface area (Å²) in [6, 6.07) is 12.9. The molecule has 170 valence electrons. The summed E-state index contributed by atoms with van der Waals surface area (Å²) in [6.45, 7) is 7.40. The molecule has 4 rings (SSSR count). The van der Waals surface area contributed by atoms with Crippen LogP contribution < -0.4 is 10.5 Å². The molecule has 0 unspecified atom stereocenters. The first-order valence-corrected chi connectivity index (χ1v) is 11.5. The van der Waals surface area contributed by atoms with Crippen molar-refractivity contribution in [3.05, 3.63) is 59.4 Å². The molecule has 0 saturated carbocycles. The van der Waals surface area contributed by atoms with Crippen LogP contribution in [-0.2, 0) is 11.2 Å². The topological polar surface area (TPSA) is 77.9 Å². The van der Waals surface area contributed by atoms with E-state index in [0.29, 0.717) is 29.0 Å². The van der Waals surface area contributed by atoms with Crippen LogP contribution >= 0.6 is 0 Å². The van der Waals surface area contributed by atoms with E-state index in [-0.39, 0.29) is 5.78 Å². The summed E-state index contributed by atoms with van der Waals surface area (Å²) < 4.78 is 17.3. The standard InChI is InChI=1S/C26H32N2O4/c1-2-3-5-24-25(22-18-20(27)8-11-23(22)32-24)26(29)19-6-9-21(10-7-19)31-15-4-12-28-13-16-30-17-14-28/h6-11,18H,2-5,12-17,27H2,1H3. The number of hydrogen-bond acceptors (Lipinski definition) is 6. The maximum absolute atomic E-state index is 13.4. The number of carbonyl (C=O) groups excluding carboxylic acids is 1. The highest BCUT2D eigenvalue weighted by molar-refractivity contribution is 6.17. The Kier molecular flexibility index (Phi) is 7.45. The molecule has 0 aliphatic carbocycles. The van der Waals surface area contributed by atoms with Crippen LogP contribution in [0, 0.1) is 0 Å². The number of nitrogens with zero attached hydrogens (tertiary/aromatic N) is 1. The normalized spacial score (nSPS) is 14.7. The first-order valence-electron chi connectivity index (χ1n) is 11.5. The zero-order chi connectivity index (χ0) is 22.3. The van der Waals surface area contributed by atoms with E-state index in [4.69, 9.17) is 19.6 Å². The van der Waals surface area contributed by atoms with Crippen molar-refractivity contribution in [2.75, 3.05) is 45.2 Å². The number of furan rings is 1. The largest absolute Gasteiger partial charge is 0.494 e. The Hall–Kier alpha value is -2.83. The molecule has 2 N–H and O–H groups in total.